The number of rotatable bonds is 3. The fourth-order valence-electron chi connectivity index (χ4n) is 2.53. The Morgan fingerprint density at radius 3 is 2.58 bits per heavy atom. The molecule has 0 spiro atoms. The average molecular weight is 361 g/mol. The smallest absolute Gasteiger partial charge is 0.347 e. The summed E-state index contributed by atoms with van der Waals surface area (Å²) in [6.07, 6.45) is 0. The predicted molar refractivity (Wildman–Crippen MR) is 88.6 cm³/mol. The summed E-state index contributed by atoms with van der Waals surface area (Å²) in [5.41, 5.74) is -1.03. The number of methoxy groups -OCH3 is 1. The molecule has 1 N–H and O–H groups in total. The molecule has 0 radical (unpaired) electrons. The molecule has 0 saturated carbocycles. The SMILES string of the molecule is COC(=O)c1c(O)c2ccc(Oc3cc(F)ccc3F)cc2n(C)c1=O. The second-order valence-corrected chi connectivity index (χ2v) is 5.44. The minimum absolute atomic E-state index is 0.113. The first-order valence-electron chi connectivity index (χ1n) is 7.40. The highest BCUT2D eigenvalue weighted by Gasteiger charge is 2.22. The first-order valence-corrected chi connectivity index (χ1v) is 7.40. The van der Waals surface area contributed by atoms with Crippen LogP contribution in [0.15, 0.2) is 41.2 Å². The predicted octanol–water partition coefficient (Wildman–Crippen LogP) is 3.10. The van der Waals surface area contributed by atoms with Crippen LogP contribution in [-0.2, 0) is 11.8 Å². The zero-order valence-electron chi connectivity index (χ0n) is 13.7. The number of hydrogen-bond donors (Lipinski definition) is 1. The number of benzene rings is 2. The van der Waals surface area contributed by atoms with Crippen molar-refractivity contribution in [3.63, 3.8) is 0 Å². The molecule has 0 saturated heterocycles. The van der Waals surface area contributed by atoms with Crippen LogP contribution in [0.5, 0.6) is 17.2 Å². The van der Waals surface area contributed by atoms with Gasteiger partial charge in [-0.15, -0.1) is 0 Å². The minimum Gasteiger partial charge on any atom is -0.506 e. The van der Waals surface area contributed by atoms with E-state index in [4.69, 9.17) is 4.74 Å². The molecule has 0 aliphatic heterocycles. The van der Waals surface area contributed by atoms with Crippen molar-refractivity contribution in [2.45, 2.75) is 0 Å². The first-order chi connectivity index (χ1) is 12.3. The summed E-state index contributed by atoms with van der Waals surface area (Å²) >= 11 is 0. The number of hydrogen-bond acceptors (Lipinski definition) is 5. The van der Waals surface area contributed by atoms with Crippen molar-refractivity contribution in [2.24, 2.45) is 7.05 Å². The standard InChI is InChI=1S/C18H13F2NO5/c1-21-13-8-10(26-14-7-9(19)3-6-12(14)20)4-5-11(13)16(22)15(17(21)23)18(24)25-2/h3-8,22H,1-2H3. The zero-order valence-corrected chi connectivity index (χ0v) is 13.7. The number of ether oxygens (including phenoxy) is 2. The molecule has 1 heterocycles. The third-order valence-electron chi connectivity index (χ3n) is 3.85. The summed E-state index contributed by atoms with van der Waals surface area (Å²) in [4.78, 5) is 24.1. The van der Waals surface area contributed by atoms with E-state index in [1.807, 2.05) is 0 Å². The Labute approximate surface area is 145 Å². The van der Waals surface area contributed by atoms with E-state index in [0.29, 0.717) is 0 Å². The number of esters is 1. The molecule has 3 aromatic rings. The molecule has 2 aromatic carbocycles. The van der Waals surface area contributed by atoms with Gasteiger partial charge in [0, 0.05) is 24.6 Å². The topological polar surface area (TPSA) is 77.8 Å². The molecule has 0 aliphatic rings. The number of carbonyl (C=O) groups excluding carboxylic acids is 1. The van der Waals surface area contributed by atoms with Gasteiger partial charge in [0.25, 0.3) is 5.56 Å². The van der Waals surface area contributed by atoms with Gasteiger partial charge in [-0.2, -0.15) is 0 Å². The van der Waals surface area contributed by atoms with Crippen LogP contribution in [0, 0.1) is 11.6 Å². The normalized spacial score (nSPS) is 10.8. The van der Waals surface area contributed by atoms with Gasteiger partial charge in [0.05, 0.1) is 12.6 Å². The lowest BCUT2D eigenvalue weighted by Crippen LogP contribution is -2.25. The largest absolute Gasteiger partial charge is 0.506 e. The maximum atomic E-state index is 13.7. The first kappa shape index (κ1) is 17.4. The van der Waals surface area contributed by atoms with Gasteiger partial charge in [-0.3, -0.25) is 4.79 Å². The summed E-state index contributed by atoms with van der Waals surface area (Å²) in [6.45, 7) is 0. The highest BCUT2D eigenvalue weighted by atomic mass is 19.1. The van der Waals surface area contributed by atoms with E-state index in [9.17, 15) is 23.5 Å². The summed E-state index contributed by atoms with van der Waals surface area (Å²) in [7, 11) is 2.49. The maximum Gasteiger partial charge on any atom is 0.347 e. The van der Waals surface area contributed by atoms with Crippen molar-refractivity contribution in [3.8, 4) is 17.2 Å². The molecule has 0 atom stereocenters. The van der Waals surface area contributed by atoms with Crippen LogP contribution >= 0.6 is 0 Å². The highest BCUT2D eigenvalue weighted by Crippen LogP contribution is 2.32. The van der Waals surface area contributed by atoms with Gasteiger partial charge >= 0.3 is 5.97 Å². The van der Waals surface area contributed by atoms with Crippen molar-refractivity contribution in [1.29, 1.82) is 0 Å². The Balaban J connectivity index is 2.15. The van der Waals surface area contributed by atoms with Crippen LogP contribution in [0.4, 0.5) is 8.78 Å². The Kier molecular flexibility index (Phi) is 4.33. The molecule has 26 heavy (non-hydrogen) atoms. The van der Waals surface area contributed by atoms with E-state index in [1.165, 1.54) is 25.2 Å². The molecule has 1 aromatic heterocycles. The van der Waals surface area contributed by atoms with Crippen LogP contribution in [0.1, 0.15) is 10.4 Å². The van der Waals surface area contributed by atoms with Crippen molar-refractivity contribution < 1.29 is 28.2 Å². The number of carbonyl (C=O) groups is 1. The number of aromatic nitrogens is 1. The average Bonchev–Trinajstić information content (AvgIpc) is 2.62. The fourth-order valence-corrected chi connectivity index (χ4v) is 2.53. The highest BCUT2D eigenvalue weighted by molar-refractivity contribution is 5.99. The molecular weight excluding hydrogens is 348 g/mol. The third kappa shape index (κ3) is 2.85. The fraction of sp³-hybridized carbons (Fsp3) is 0.111. The minimum atomic E-state index is -0.966. The number of aromatic hydroxyl groups is 1. The molecule has 0 amide bonds. The van der Waals surface area contributed by atoms with Gasteiger partial charge in [-0.05, 0) is 24.3 Å². The number of pyridine rings is 1. The van der Waals surface area contributed by atoms with Crippen molar-refractivity contribution in [1.82, 2.24) is 4.57 Å². The van der Waals surface area contributed by atoms with Crippen LogP contribution in [-0.4, -0.2) is 22.8 Å². The molecule has 8 heteroatoms. The summed E-state index contributed by atoms with van der Waals surface area (Å²) in [6, 6.07) is 6.91. The monoisotopic (exact) mass is 361 g/mol. The van der Waals surface area contributed by atoms with E-state index in [2.05, 4.69) is 4.74 Å². The van der Waals surface area contributed by atoms with Crippen LogP contribution in [0.3, 0.4) is 0 Å². The van der Waals surface area contributed by atoms with E-state index >= 15 is 0 Å². The molecule has 0 unspecified atom stereocenters. The third-order valence-corrected chi connectivity index (χ3v) is 3.85. The van der Waals surface area contributed by atoms with E-state index in [0.717, 1.165) is 29.9 Å². The number of halogens is 2. The lowest BCUT2D eigenvalue weighted by Gasteiger charge is -2.13. The van der Waals surface area contributed by atoms with Gasteiger partial charge in [0.1, 0.15) is 17.3 Å². The Bertz CT molecular complexity index is 1090. The lowest BCUT2D eigenvalue weighted by atomic mass is 10.1. The number of nitrogens with zero attached hydrogens (tertiary/aromatic N) is 1. The van der Waals surface area contributed by atoms with E-state index < -0.39 is 34.5 Å². The molecular formula is C18H13F2NO5. The molecule has 134 valence electrons. The summed E-state index contributed by atoms with van der Waals surface area (Å²) < 4.78 is 37.9. The number of fused-ring (bicyclic) bond motifs is 1. The van der Waals surface area contributed by atoms with Crippen molar-refractivity contribution in [3.05, 3.63) is 63.9 Å². The second-order valence-electron chi connectivity index (χ2n) is 5.44. The van der Waals surface area contributed by atoms with Gasteiger partial charge in [-0.1, -0.05) is 0 Å². The summed E-state index contributed by atoms with van der Waals surface area (Å²) in [5.74, 6) is -3.14. The number of aryl methyl sites for hydroxylation is 1. The van der Waals surface area contributed by atoms with Crippen molar-refractivity contribution >= 4 is 16.9 Å². The van der Waals surface area contributed by atoms with Gasteiger partial charge in [-0.25, -0.2) is 13.6 Å². The van der Waals surface area contributed by atoms with Crippen LogP contribution < -0.4 is 10.3 Å². The summed E-state index contributed by atoms with van der Waals surface area (Å²) in [5, 5.41) is 10.4. The molecule has 3 rings (SSSR count). The van der Waals surface area contributed by atoms with Crippen LogP contribution in [0.2, 0.25) is 0 Å². The molecule has 6 nitrogen and oxygen atoms in total. The Morgan fingerprint density at radius 1 is 1.15 bits per heavy atom. The lowest BCUT2D eigenvalue weighted by molar-refractivity contribution is 0.0595. The Morgan fingerprint density at radius 2 is 1.88 bits per heavy atom. The molecule has 0 aliphatic carbocycles. The van der Waals surface area contributed by atoms with E-state index in [-0.39, 0.29) is 22.4 Å². The maximum absolute atomic E-state index is 13.7. The second kappa shape index (κ2) is 6.47. The quantitative estimate of drug-likeness (QED) is 0.726. The Hall–Kier alpha value is -3.42. The van der Waals surface area contributed by atoms with Crippen LogP contribution in [0.25, 0.3) is 10.9 Å². The van der Waals surface area contributed by atoms with Gasteiger partial charge in [0.15, 0.2) is 17.1 Å². The van der Waals surface area contributed by atoms with Gasteiger partial charge in [0.2, 0.25) is 0 Å². The molecule has 0 bridgehead atoms. The van der Waals surface area contributed by atoms with Gasteiger partial charge < -0.3 is 19.1 Å². The van der Waals surface area contributed by atoms with Crippen molar-refractivity contribution in [2.75, 3.05) is 7.11 Å². The van der Waals surface area contributed by atoms with E-state index in [1.54, 1.807) is 0 Å². The zero-order chi connectivity index (χ0) is 19.0. The molecule has 0 fully saturated rings.